The molecule has 2 aliphatic rings. The molecule has 0 bridgehead atoms. The first-order valence-corrected chi connectivity index (χ1v) is 9.43. The van der Waals surface area contributed by atoms with E-state index in [1.54, 1.807) is 41.3 Å². The minimum atomic E-state index is -0.792. The summed E-state index contributed by atoms with van der Waals surface area (Å²) in [6.45, 7) is 0.821. The molecule has 0 spiro atoms. The molecule has 4 nitrogen and oxygen atoms in total. The van der Waals surface area contributed by atoms with Crippen LogP contribution in [0.1, 0.15) is 18.4 Å². The number of ether oxygens (including phenoxy) is 2. The molecule has 0 radical (unpaired) electrons. The summed E-state index contributed by atoms with van der Waals surface area (Å²) in [6, 6.07) is 12.5. The second kappa shape index (κ2) is 6.93. The van der Waals surface area contributed by atoms with Crippen molar-refractivity contribution in [2.45, 2.75) is 24.7 Å². The number of rotatable bonds is 4. The zero-order chi connectivity index (χ0) is 18.3. The van der Waals surface area contributed by atoms with Gasteiger partial charge in [0, 0.05) is 23.4 Å². The number of fused-ring (bicyclic) bond motifs is 1. The predicted molar refractivity (Wildman–Crippen MR) is 101 cm³/mol. The molecular weight excluding hydrogens is 397 g/mol. The van der Waals surface area contributed by atoms with Crippen molar-refractivity contribution in [3.05, 3.63) is 63.1 Å². The monoisotopic (exact) mass is 411 g/mol. The van der Waals surface area contributed by atoms with Crippen molar-refractivity contribution < 1.29 is 14.3 Å². The first-order valence-electron chi connectivity index (χ1n) is 8.30. The summed E-state index contributed by atoms with van der Waals surface area (Å²) in [7, 11) is 0. The standard InChI is InChI=1S/C19H16Cl3NO3/c20-13-2-4-14(5-3-13)25-11-15-10-23-18(24)7-8-19(23,26-15)12-1-6-16(21)17(22)9-12/h1-6,9,15H,7-8,10-11H2/t15-,19-/m1/s1. The summed E-state index contributed by atoms with van der Waals surface area (Å²) in [4.78, 5) is 14.2. The lowest BCUT2D eigenvalue weighted by Crippen LogP contribution is -2.38. The highest BCUT2D eigenvalue weighted by molar-refractivity contribution is 6.42. The maximum absolute atomic E-state index is 12.4. The van der Waals surface area contributed by atoms with E-state index >= 15 is 0 Å². The Balaban J connectivity index is 1.54. The maximum Gasteiger partial charge on any atom is 0.225 e. The van der Waals surface area contributed by atoms with E-state index in [-0.39, 0.29) is 12.0 Å². The van der Waals surface area contributed by atoms with Gasteiger partial charge in [0.05, 0.1) is 16.6 Å². The van der Waals surface area contributed by atoms with Gasteiger partial charge in [-0.05, 0) is 36.4 Å². The molecule has 0 N–H and O–H groups in total. The van der Waals surface area contributed by atoms with Crippen molar-refractivity contribution in [2.75, 3.05) is 13.2 Å². The minimum Gasteiger partial charge on any atom is -0.491 e. The van der Waals surface area contributed by atoms with E-state index in [1.807, 2.05) is 6.07 Å². The lowest BCUT2D eigenvalue weighted by molar-refractivity contribution is -0.140. The fourth-order valence-electron chi connectivity index (χ4n) is 3.55. The number of amides is 1. The Morgan fingerprint density at radius 1 is 1.12 bits per heavy atom. The SMILES string of the molecule is O=C1CC[C@]2(c3ccc(Cl)c(Cl)c3)O[C@@H](COc3ccc(Cl)cc3)CN12. The number of carbonyl (C=O) groups is 1. The highest BCUT2D eigenvalue weighted by atomic mass is 35.5. The van der Waals surface area contributed by atoms with Crippen molar-refractivity contribution in [1.29, 1.82) is 0 Å². The van der Waals surface area contributed by atoms with Gasteiger partial charge in [0.15, 0.2) is 5.72 Å². The Labute approximate surface area is 166 Å². The lowest BCUT2D eigenvalue weighted by atomic mass is 10.0. The quantitative estimate of drug-likeness (QED) is 0.717. The number of hydrogen-bond acceptors (Lipinski definition) is 3. The van der Waals surface area contributed by atoms with Crippen LogP contribution in [0.5, 0.6) is 5.75 Å². The molecule has 2 saturated heterocycles. The molecular formula is C19H16Cl3NO3. The van der Waals surface area contributed by atoms with E-state index in [4.69, 9.17) is 44.3 Å². The number of halogens is 3. The largest absolute Gasteiger partial charge is 0.491 e. The average molecular weight is 413 g/mol. The minimum absolute atomic E-state index is 0.0741. The van der Waals surface area contributed by atoms with Crippen molar-refractivity contribution in [3.8, 4) is 5.75 Å². The van der Waals surface area contributed by atoms with Gasteiger partial charge in [-0.25, -0.2) is 0 Å². The summed E-state index contributed by atoms with van der Waals surface area (Å²) in [6.07, 6.45) is 0.802. The van der Waals surface area contributed by atoms with Gasteiger partial charge in [0.2, 0.25) is 5.91 Å². The number of carbonyl (C=O) groups excluding carboxylic acids is 1. The van der Waals surface area contributed by atoms with Crippen LogP contribution in [-0.2, 0) is 15.3 Å². The van der Waals surface area contributed by atoms with Gasteiger partial charge >= 0.3 is 0 Å². The smallest absolute Gasteiger partial charge is 0.225 e. The molecule has 2 heterocycles. The number of hydrogen-bond donors (Lipinski definition) is 0. The third kappa shape index (κ3) is 3.16. The number of benzene rings is 2. The topological polar surface area (TPSA) is 38.8 Å². The van der Waals surface area contributed by atoms with Gasteiger partial charge in [0.1, 0.15) is 18.5 Å². The molecule has 2 aromatic rings. The molecule has 0 saturated carbocycles. The molecule has 7 heteroatoms. The first kappa shape index (κ1) is 17.9. The Kier molecular flexibility index (Phi) is 4.78. The van der Waals surface area contributed by atoms with Crippen LogP contribution in [0, 0.1) is 0 Å². The van der Waals surface area contributed by atoms with Crippen LogP contribution < -0.4 is 4.74 Å². The third-order valence-corrected chi connectivity index (χ3v) is 5.77. The van der Waals surface area contributed by atoms with Gasteiger partial charge in [-0.3, -0.25) is 4.79 Å². The molecule has 2 aliphatic heterocycles. The molecule has 4 rings (SSSR count). The summed E-state index contributed by atoms with van der Waals surface area (Å²) < 4.78 is 12.1. The highest BCUT2D eigenvalue weighted by Crippen LogP contribution is 2.47. The van der Waals surface area contributed by atoms with Crippen LogP contribution in [0.4, 0.5) is 0 Å². The van der Waals surface area contributed by atoms with Gasteiger partial charge in [-0.1, -0.05) is 40.9 Å². The van der Waals surface area contributed by atoms with Crippen LogP contribution in [-0.4, -0.2) is 30.1 Å². The Bertz CT molecular complexity index is 842. The van der Waals surface area contributed by atoms with E-state index < -0.39 is 5.72 Å². The molecule has 2 fully saturated rings. The Morgan fingerprint density at radius 2 is 1.88 bits per heavy atom. The average Bonchev–Trinajstić information content (AvgIpc) is 3.15. The maximum atomic E-state index is 12.4. The van der Waals surface area contributed by atoms with E-state index in [2.05, 4.69) is 0 Å². The van der Waals surface area contributed by atoms with Crippen LogP contribution >= 0.6 is 34.8 Å². The fraction of sp³-hybridized carbons (Fsp3) is 0.316. The summed E-state index contributed by atoms with van der Waals surface area (Å²) in [5.41, 5.74) is 0.0473. The predicted octanol–water partition coefficient (Wildman–Crippen LogP) is 4.90. The molecule has 26 heavy (non-hydrogen) atoms. The molecule has 0 unspecified atom stereocenters. The third-order valence-electron chi connectivity index (χ3n) is 4.78. The summed E-state index contributed by atoms with van der Waals surface area (Å²) in [5, 5.41) is 1.57. The number of nitrogens with zero attached hydrogens (tertiary/aromatic N) is 1. The van der Waals surface area contributed by atoms with Crippen LogP contribution in [0.15, 0.2) is 42.5 Å². The van der Waals surface area contributed by atoms with Gasteiger partial charge in [0.25, 0.3) is 0 Å². The fourth-order valence-corrected chi connectivity index (χ4v) is 3.97. The van der Waals surface area contributed by atoms with Gasteiger partial charge in [-0.2, -0.15) is 0 Å². The Hall–Kier alpha value is -1.46. The molecule has 1 amide bonds. The van der Waals surface area contributed by atoms with Crippen molar-refractivity contribution >= 4 is 40.7 Å². The van der Waals surface area contributed by atoms with E-state index in [1.165, 1.54) is 0 Å². The lowest BCUT2D eigenvalue weighted by Gasteiger charge is -2.31. The van der Waals surface area contributed by atoms with Crippen molar-refractivity contribution in [3.63, 3.8) is 0 Å². The van der Waals surface area contributed by atoms with Crippen molar-refractivity contribution in [2.24, 2.45) is 0 Å². The van der Waals surface area contributed by atoms with E-state index in [9.17, 15) is 4.79 Å². The second-order valence-electron chi connectivity index (χ2n) is 6.42. The summed E-state index contributed by atoms with van der Waals surface area (Å²) >= 11 is 18.1. The zero-order valence-electron chi connectivity index (χ0n) is 13.8. The second-order valence-corrected chi connectivity index (χ2v) is 7.67. The first-order chi connectivity index (χ1) is 12.5. The van der Waals surface area contributed by atoms with Crippen molar-refractivity contribution in [1.82, 2.24) is 4.90 Å². The molecule has 2 atom stereocenters. The van der Waals surface area contributed by atoms with Crippen LogP contribution in [0.25, 0.3) is 0 Å². The molecule has 2 aromatic carbocycles. The highest BCUT2D eigenvalue weighted by Gasteiger charge is 2.54. The van der Waals surface area contributed by atoms with Gasteiger partial charge < -0.3 is 14.4 Å². The normalized spacial score (nSPS) is 24.8. The molecule has 0 aromatic heterocycles. The molecule has 136 valence electrons. The zero-order valence-corrected chi connectivity index (χ0v) is 16.0. The van der Waals surface area contributed by atoms with Crippen LogP contribution in [0.3, 0.4) is 0 Å². The Morgan fingerprint density at radius 3 is 2.62 bits per heavy atom. The molecule has 0 aliphatic carbocycles. The van der Waals surface area contributed by atoms with Crippen LogP contribution in [0.2, 0.25) is 15.1 Å². The van der Waals surface area contributed by atoms with E-state index in [0.717, 1.165) is 5.56 Å². The summed E-state index contributed by atoms with van der Waals surface area (Å²) in [5.74, 6) is 0.782. The van der Waals surface area contributed by atoms with E-state index in [0.29, 0.717) is 46.8 Å². The van der Waals surface area contributed by atoms with Gasteiger partial charge in [-0.15, -0.1) is 0 Å².